The van der Waals surface area contributed by atoms with Crippen LogP contribution in [0.3, 0.4) is 0 Å². The van der Waals surface area contributed by atoms with Crippen LogP contribution in [0.15, 0.2) is 158 Å². The minimum absolute atomic E-state index is 0.570. The summed E-state index contributed by atoms with van der Waals surface area (Å²) in [6.45, 7) is 0. The first kappa shape index (κ1) is 27.2. The molecule has 6 nitrogen and oxygen atoms in total. The van der Waals surface area contributed by atoms with Crippen LogP contribution in [0.25, 0.3) is 78.6 Å². The van der Waals surface area contributed by atoms with Crippen LogP contribution >= 0.6 is 0 Å². The molecule has 46 heavy (non-hydrogen) atoms. The zero-order valence-corrected chi connectivity index (χ0v) is 24.7. The normalized spacial score (nSPS) is 11.0. The van der Waals surface area contributed by atoms with Gasteiger partial charge in [-0.1, -0.05) is 121 Å². The molecule has 0 aliphatic heterocycles. The molecule has 8 aromatic rings. The zero-order valence-electron chi connectivity index (χ0n) is 24.7. The summed E-state index contributed by atoms with van der Waals surface area (Å²) in [5, 5.41) is 2.43. The summed E-state index contributed by atoms with van der Waals surface area (Å²) in [6, 6.07) is 45.1. The van der Waals surface area contributed by atoms with Gasteiger partial charge in [0.05, 0.1) is 47.6 Å². The summed E-state index contributed by atoms with van der Waals surface area (Å²) >= 11 is 0. The lowest BCUT2D eigenvalue weighted by molar-refractivity contribution is 1.12. The monoisotopic (exact) mass is 590 g/mol. The van der Waals surface area contributed by atoms with Crippen molar-refractivity contribution < 1.29 is 0 Å². The Morgan fingerprint density at radius 1 is 0.283 bits per heavy atom. The fourth-order valence-corrected chi connectivity index (χ4v) is 5.46. The first-order valence-corrected chi connectivity index (χ1v) is 15.0. The van der Waals surface area contributed by atoms with Crippen LogP contribution in [0.1, 0.15) is 0 Å². The third kappa shape index (κ3) is 5.51. The molecule has 0 radical (unpaired) electrons. The molecular weight excluding hydrogens is 564 g/mol. The van der Waals surface area contributed by atoms with Crippen LogP contribution < -0.4 is 0 Å². The molecule has 3 heterocycles. The first-order valence-electron chi connectivity index (χ1n) is 15.0. The average molecular weight is 591 g/mol. The fraction of sp³-hybridized carbons (Fsp3) is 0. The molecule has 6 heteroatoms. The van der Waals surface area contributed by atoms with Gasteiger partial charge in [-0.3, -0.25) is 19.9 Å². The summed E-state index contributed by atoms with van der Waals surface area (Å²) in [7, 11) is 0. The van der Waals surface area contributed by atoms with Crippen LogP contribution in [-0.2, 0) is 0 Å². The lowest BCUT2D eigenvalue weighted by atomic mass is 10.00. The number of rotatable bonds is 6. The van der Waals surface area contributed by atoms with E-state index in [-0.39, 0.29) is 0 Å². The van der Waals surface area contributed by atoms with Gasteiger partial charge in [-0.25, -0.2) is 9.97 Å². The van der Waals surface area contributed by atoms with E-state index in [4.69, 9.17) is 29.9 Å². The first-order chi connectivity index (χ1) is 22.8. The smallest absolute Gasteiger partial charge is 0.160 e. The van der Waals surface area contributed by atoms with E-state index < -0.39 is 0 Å². The van der Waals surface area contributed by atoms with Gasteiger partial charge in [-0.15, -0.1) is 0 Å². The molecule has 0 N–H and O–H groups in total. The van der Waals surface area contributed by atoms with Crippen molar-refractivity contribution in [2.24, 2.45) is 0 Å². The number of fused-ring (bicyclic) bond motifs is 1. The fourth-order valence-electron chi connectivity index (χ4n) is 5.46. The summed E-state index contributed by atoms with van der Waals surface area (Å²) in [5.74, 6) is 0.570. The predicted octanol–water partition coefficient (Wildman–Crippen LogP) is 9.21. The van der Waals surface area contributed by atoms with E-state index in [0.717, 1.165) is 39.2 Å². The predicted molar refractivity (Wildman–Crippen MR) is 183 cm³/mol. The van der Waals surface area contributed by atoms with Gasteiger partial charge >= 0.3 is 0 Å². The van der Waals surface area contributed by atoms with Gasteiger partial charge in [-0.05, 0) is 34.0 Å². The van der Waals surface area contributed by atoms with Crippen molar-refractivity contribution >= 4 is 10.8 Å². The molecule has 0 aliphatic carbocycles. The maximum Gasteiger partial charge on any atom is 0.160 e. The third-order valence-electron chi connectivity index (χ3n) is 7.92. The Balaban J connectivity index is 1.18. The van der Waals surface area contributed by atoms with Crippen molar-refractivity contribution in [3.63, 3.8) is 0 Å². The van der Waals surface area contributed by atoms with Crippen molar-refractivity contribution in [1.82, 2.24) is 29.9 Å². The van der Waals surface area contributed by atoms with Crippen molar-refractivity contribution in [3.8, 4) is 67.8 Å². The standard InChI is InChI=1S/C40H26N6/c1-3-10-29(11-4-1)36-23-43-38(25-41-36)34-22-35(39-26-42-37(24-44-39)30-12-5-2-6-13-30)46-40(45-34)31-18-15-28(16-19-31)33-20-17-27-9-7-8-14-32(27)21-33/h1-26H. The van der Waals surface area contributed by atoms with E-state index in [1.54, 1.807) is 24.8 Å². The third-order valence-corrected chi connectivity index (χ3v) is 7.92. The molecular formula is C40H26N6. The van der Waals surface area contributed by atoms with E-state index in [0.29, 0.717) is 28.6 Å². The highest BCUT2D eigenvalue weighted by molar-refractivity contribution is 5.87. The molecule has 3 aromatic heterocycles. The average Bonchev–Trinajstić information content (AvgIpc) is 3.15. The second-order valence-electron chi connectivity index (χ2n) is 10.9. The molecule has 0 aliphatic rings. The highest BCUT2D eigenvalue weighted by atomic mass is 14.9. The Hall–Kier alpha value is -6.40. The van der Waals surface area contributed by atoms with Gasteiger partial charge in [0.1, 0.15) is 11.4 Å². The molecule has 0 spiro atoms. The molecule has 0 saturated carbocycles. The Morgan fingerprint density at radius 2 is 0.739 bits per heavy atom. The van der Waals surface area contributed by atoms with Crippen LogP contribution in [0, 0.1) is 0 Å². The molecule has 0 amide bonds. The van der Waals surface area contributed by atoms with Crippen molar-refractivity contribution in [2.75, 3.05) is 0 Å². The van der Waals surface area contributed by atoms with Crippen LogP contribution in [0.5, 0.6) is 0 Å². The van der Waals surface area contributed by atoms with E-state index in [1.807, 2.05) is 66.7 Å². The lowest BCUT2D eigenvalue weighted by Crippen LogP contribution is -1.99. The molecule has 5 aromatic carbocycles. The lowest BCUT2D eigenvalue weighted by Gasteiger charge is -2.10. The zero-order chi connectivity index (χ0) is 30.7. The van der Waals surface area contributed by atoms with E-state index >= 15 is 0 Å². The van der Waals surface area contributed by atoms with Crippen LogP contribution in [-0.4, -0.2) is 29.9 Å². The molecule has 0 saturated heterocycles. The van der Waals surface area contributed by atoms with Gasteiger partial charge < -0.3 is 0 Å². The molecule has 216 valence electrons. The molecule has 0 atom stereocenters. The van der Waals surface area contributed by atoms with Gasteiger partial charge in [0.2, 0.25) is 0 Å². The number of nitrogens with zero attached hydrogens (tertiary/aromatic N) is 6. The van der Waals surface area contributed by atoms with Gasteiger partial charge in [0.15, 0.2) is 5.82 Å². The molecule has 0 unspecified atom stereocenters. The Morgan fingerprint density at radius 3 is 1.28 bits per heavy atom. The number of hydrogen-bond acceptors (Lipinski definition) is 6. The second kappa shape index (κ2) is 11.9. The van der Waals surface area contributed by atoms with Crippen molar-refractivity contribution in [3.05, 3.63) is 158 Å². The van der Waals surface area contributed by atoms with E-state index in [2.05, 4.69) is 66.7 Å². The molecule has 0 bridgehead atoms. The SMILES string of the molecule is c1ccc(-c2cnc(-c3cc(-c4cnc(-c5ccccc5)cn4)nc(-c4ccc(-c5ccc6ccccc6c5)cc4)n3)cn2)cc1. The Kier molecular flexibility index (Phi) is 7.05. The maximum absolute atomic E-state index is 4.95. The molecule has 8 rings (SSSR count). The van der Waals surface area contributed by atoms with Gasteiger partial charge in [0, 0.05) is 16.7 Å². The highest BCUT2D eigenvalue weighted by Gasteiger charge is 2.14. The van der Waals surface area contributed by atoms with Gasteiger partial charge in [0.25, 0.3) is 0 Å². The quantitative estimate of drug-likeness (QED) is 0.192. The van der Waals surface area contributed by atoms with Crippen LogP contribution in [0.2, 0.25) is 0 Å². The minimum Gasteiger partial charge on any atom is -0.252 e. The van der Waals surface area contributed by atoms with Crippen molar-refractivity contribution in [2.45, 2.75) is 0 Å². The minimum atomic E-state index is 0.570. The maximum atomic E-state index is 4.95. The topological polar surface area (TPSA) is 77.3 Å². The number of aromatic nitrogens is 6. The number of hydrogen-bond donors (Lipinski definition) is 0. The second-order valence-corrected chi connectivity index (χ2v) is 10.9. The Bertz CT molecular complexity index is 2170. The van der Waals surface area contributed by atoms with E-state index in [9.17, 15) is 0 Å². The Labute approximate surface area is 266 Å². The van der Waals surface area contributed by atoms with Crippen molar-refractivity contribution in [1.29, 1.82) is 0 Å². The van der Waals surface area contributed by atoms with Crippen LogP contribution in [0.4, 0.5) is 0 Å². The van der Waals surface area contributed by atoms with Gasteiger partial charge in [-0.2, -0.15) is 0 Å². The van der Waals surface area contributed by atoms with E-state index in [1.165, 1.54) is 10.8 Å². The summed E-state index contributed by atoms with van der Waals surface area (Å²) < 4.78 is 0. The summed E-state index contributed by atoms with van der Waals surface area (Å²) in [5.41, 5.74) is 9.36. The largest absolute Gasteiger partial charge is 0.252 e. The highest BCUT2D eigenvalue weighted by Crippen LogP contribution is 2.30. The number of benzene rings is 5. The summed E-state index contributed by atoms with van der Waals surface area (Å²) in [6.07, 6.45) is 7.06. The molecule has 0 fully saturated rings. The summed E-state index contributed by atoms with van der Waals surface area (Å²) in [4.78, 5) is 28.8.